The number of amides is 1. The number of benzene rings is 1. The van der Waals surface area contributed by atoms with Crippen LogP contribution in [0.3, 0.4) is 0 Å². The Morgan fingerprint density at radius 1 is 1.26 bits per heavy atom. The van der Waals surface area contributed by atoms with Gasteiger partial charge >= 0.3 is 0 Å². The zero-order chi connectivity index (χ0) is 15.8. The summed E-state index contributed by atoms with van der Waals surface area (Å²) in [4.78, 5) is 18.7. The van der Waals surface area contributed by atoms with E-state index in [9.17, 15) is 4.79 Å². The molecule has 2 atom stereocenters. The first-order chi connectivity index (χ1) is 11.2. The summed E-state index contributed by atoms with van der Waals surface area (Å²) in [6, 6.07) is 13.4. The number of thiophene rings is 1. The summed E-state index contributed by atoms with van der Waals surface area (Å²) in [5, 5.41) is 2.11. The van der Waals surface area contributed by atoms with Crippen molar-refractivity contribution in [3.63, 3.8) is 0 Å². The number of rotatable bonds is 3. The monoisotopic (exact) mass is 326 g/mol. The molecule has 1 aromatic carbocycles. The quantitative estimate of drug-likeness (QED) is 0.855. The number of anilines is 1. The third-order valence-corrected chi connectivity index (χ3v) is 6.07. The molecule has 120 valence electrons. The van der Waals surface area contributed by atoms with Gasteiger partial charge in [-0.05, 0) is 49.3 Å². The molecule has 0 spiro atoms. The van der Waals surface area contributed by atoms with Crippen LogP contribution in [0.5, 0.6) is 0 Å². The van der Waals surface area contributed by atoms with E-state index >= 15 is 0 Å². The van der Waals surface area contributed by atoms with E-state index < -0.39 is 0 Å². The normalized spacial score (nSPS) is 23.3. The Morgan fingerprint density at radius 3 is 2.96 bits per heavy atom. The molecule has 0 bridgehead atoms. The Balaban J connectivity index is 1.52. The van der Waals surface area contributed by atoms with Crippen LogP contribution in [0.4, 0.5) is 5.69 Å². The van der Waals surface area contributed by atoms with Crippen molar-refractivity contribution in [1.29, 1.82) is 0 Å². The minimum Gasteiger partial charge on any atom is -0.359 e. The first-order valence-electron chi connectivity index (χ1n) is 8.41. The Bertz CT molecular complexity index is 697. The van der Waals surface area contributed by atoms with E-state index in [1.54, 1.807) is 11.3 Å². The van der Waals surface area contributed by atoms with E-state index in [1.165, 1.54) is 16.1 Å². The zero-order valence-electron chi connectivity index (χ0n) is 13.4. The minimum absolute atomic E-state index is 0.268. The summed E-state index contributed by atoms with van der Waals surface area (Å²) in [6.45, 7) is 3.61. The summed E-state index contributed by atoms with van der Waals surface area (Å²) in [5.74, 6) is 0.268. The van der Waals surface area contributed by atoms with E-state index in [1.807, 2.05) is 0 Å². The fourth-order valence-corrected chi connectivity index (χ4v) is 4.82. The first kappa shape index (κ1) is 14.8. The summed E-state index contributed by atoms with van der Waals surface area (Å²) >= 11 is 1.77. The SMILES string of the molecule is C[C@@H]1Cc2ccccc2N1CC(=O)N1CCC[C@H]1c1cccs1. The lowest BCUT2D eigenvalue weighted by atomic mass is 10.1. The Labute approximate surface area is 141 Å². The molecule has 2 aromatic rings. The second kappa shape index (κ2) is 6.00. The van der Waals surface area contributed by atoms with Crippen LogP contribution in [0, 0.1) is 0 Å². The van der Waals surface area contributed by atoms with E-state index in [-0.39, 0.29) is 11.9 Å². The number of para-hydroxylation sites is 1. The second-order valence-electron chi connectivity index (χ2n) is 6.57. The molecule has 4 heteroatoms. The highest BCUT2D eigenvalue weighted by Crippen LogP contribution is 2.36. The molecule has 0 saturated carbocycles. The van der Waals surface area contributed by atoms with Gasteiger partial charge in [0.25, 0.3) is 0 Å². The van der Waals surface area contributed by atoms with E-state index in [2.05, 4.69) is 58.5 Å². The molecule has 2 aliphatic rings. The predicted octanol–water partition coefficient (Wildman–Crippen LogP) is 3.86. The van der Waals surface area contributed by atoms with Crippen LogP contribution in [0.2, 0.25) is 0 Å². The van der Waals surface area contributed by atoms with Crippen molar-refractivity contribution in [3.05, 3.63) is 52.2 Å². The van der Waals surface area contributed by atoms with Crippen LogP contribution in [-0.4, -0.2) is 29.9 Å². The predicted molar refractivity (Wildman–Crippen MR) is 95.0 cm³/mol. The maximum Gasteiger partial charge on any atom is 0.242 e. The largest absolute Gasteiger partial charge is 0.359 e. The molecule has 1 aromatic heterocycles. The van der Waals surface area contributed by atoms with Crippen molar-refractivity contribution < 1.29 is 4.79 Å². The number of hydrogen-bond acceptors (Lipinski definition) is 3. The zero-order valence-corrected chi connectivity index (χ0v) is 14.3. The van der Waals surface area contributed by atoms with Crippen molar-refractivity contribution >= 4 is 22.9 Å². The molecule has 0 aliphatic carbocycles. The van der Waals surface area contributed by atoms with E-state index in [0.717, 1.165) is 25.8 Å². The van der Waals surface area contributed by atoms with Crippen LogP contribution in [0.15, 0.2) is 41.8 Å². The number of fused-ring (bicyclic) bond motifs is 1. The molecule has 1 saturated heterocycles. The van der Waals surface area contributed by atoms with Gasteiger partial charge in [0.1, 0.15) is 0 Å². The van der Waals surface area contributed by atoms with Gasteiger partial charge in [0.05, 0.1) is 12.6 Å². The molecule has 0 unspecified atom stereocenters. The maximum absolute atomic E-state index is 13.0. The number of likely N-dealkylation sites (tertiary alicyclic amines) is 1. The van der Waals surface area contributed by atoms with Gasteiger partial charge in [-0.2, -0.15) is 0 Å². The van der Waals surface area contributed by atoms with Crippen LogP contribution in [-0.2, 0) is 11.2 Å². The van der Waals surface area contributed by atoms with E-state index in [0.29, 0.717) is 12.6 Å². The fourth-order valence-electron chi connectivity index (χ4n) is 3.95. The molecule has 3 nitrogen and oxygen atoms in total. The third kappa shape index (κ3) is 2.65. The summed E-state index contributed by atoms with van der Waals surface area (Å²) in [5.41, 5.74) is 2.60. The molecule has 3 heterocycles. The standard InChI is InChI=1S/C19H22N2OS/c1-14-12-15-6-2-3-7-16(15)21(14)13-19(22)20-10-4-8-17(20)18-9-5-11-23-18/h2-3,5-7,9,11,14,17H,4,8,10,12-13H2,1H3/t14-,17+/m1/s1. The molecular weight excluding hydrogens is 304 g/mol. The minimum atomic E-state index is 0.268. The topological polar surface area (TPSA) is 23.6 Å². The van der Waals surface area contributed by atoms with Gasteiger partial charge in [-0.1, -0.05) is 24.3 Å². The van der Waals surface area contributed by atoms with Crippen molar-refractivity contribution in [3.8, 4) is 0 Å². The van der Waals surface area contributed by atoms with Gasteiger partial charge in [0.2, 0.25) is 5.91 Å². The van der Waals surface area contributed by atoms with Gasteiger partial charge in [-0.3, -0.25) is 4.79 Å². The molecule has 2 aliphatic heterocycles. The van der Waals surface area contributed by atoms with Gasteiger partial charge in [-0.25, -0.2) is 0 Å². The summed E-state index contributed by atoms with van der Waals surface area (Å²) in [7, 11) is 0. The Morgan fingerprint density at radius 2 is 2.13 bits per heavy atom. The lowest BCUT2D eigenvalue weighted by Crippen LogP contribution is -2.42. The molecule has 0 radical (unpaired) electrons. The first-order valence-corrected chi connectivity index (χ1v) is 9.29. The summed E-state index contributed by atoms with van der Waals surface area (Å²) < 4.78 is 0. The molecule has 4 rings (SSSR count). The van der Waals surface area contributed by atoms with Crippen molar-refractivity contribution in [1.82, 2.24) is 4.90 Å². The maximum atomic E-state index is 13.0. The van der Waals surface area contributed by atoms with Gasteiger partial charge in [-0.15, -0.1) is 11.3 Å². The van der Waals surface area contributed by atoms with Gasteiger partial charge in [0.15, 0.2) is 0 Å². The van der Waals surface area contributed by atoms with Gasteiger partial charge in [0, 0.05) is 23.2 Å². The highest BCUT2D eigenvalue weighted by molar-refractivity contribution is 7.10. The molecular formula is C19H22N2OS. The molecule has 1 fully saturated rings. The van der Waals surface area contributed by atoms with Gasteiger partial charge < -0.3 is 9.80 Å². The van der Waals surface area contributed by atoms with Crippen molar-refractivity contribution in [2.45, 2.75) is 38.3 Å². The average Bonchev–Trinajstić information content (AvgIpc) is 3.26. The second-order valence-corrected chi connectivity index (χ2v) is 7.55. The van der Waals surface area contributed by atoms with Crippen LogP contribution >= 0.6 is 11.3 Å². The lowest BCUT2D eigenvalue weighted by Gasteiger charge is -2.29. The van der Waals surface area contributed by atoms with Crippen molar-refractivity contribution in [2.24, 2.45) is 0 Å². The number of hydrogen-bond donors (Lipinski definition) is 0. The number of nitrogens with zero attached hydrogens (tertiary/aromatic N) is 2. The van der Waals surface area contributed by atoms with Crippen molar-refractivity contribution in [2.75, 3.05) is 18.0 Å². The highest BCUT2D eigenvalue weighted by atomic mass is 32.1. The van der Waals surface area contributed by atoms with Crippen LogP contribution in [0.25, 0.3) is 0 Å². The average molecular weight is 326 g/mol. The third-order valence-electron chi connectivity index (χ3n) is 5.10. The number of carbonyl (C=O) groups is 1. The Hall–Kier alpha value is -1.81. The van der Waals surface area contributed by atoms with Crippen LogP contribution in [0.1, 0.15) is 36.2 Å². The molecule has 1 amide bonds. The van der Waals surface area contributed by atoms with Crippen LogP contribution < -0.4 is 4.90 Å². The molecule has 23 heavy (non-hydrogen) atoms. The highest BCUT2D eigenvalue weighted by Gasteiger charge is 2.34. The Kier molecular flexibility index (Phi) is 3.85. The fraction of sp³-hybridized carbons (Fsp3) is 0.421. The molecule has 0 N–H and O–H groups in total. The van der Waals surface area contributed by atoms with E-state index in [4.69, 9.17) is 0 Å². The number of carbonyl (C=O) groups excluding carboxylic acids is 1. The lowest BCUT2D eigenvalue weighted by molar-refractivity contribution is -0.130. The smallest absolute Gasteiger partial charge is 0.242 e. The summed E-state index contributed by atoms with van der Waals surface area (Å²) in [6.07, 6.45) is 3.25.